The molecular formula is C12H26O3. The Labute approximate surface area is 93.7 Å². The molecule has 0 fully saturated rings. The van der Waals surface area contributed by atoms with Gasteiger partial charge in [0.15, 0.2) is 0 Å². The van der Waals surface area contributed by atoms with Crippen molar-refractivity contribution in [3.8, 4) is 0 Å². The maximum atomic E-state index is 9.61. The number of aliphatic hydroxyl groups is 1. The van der Waals surface area contributed by atoms with Gasteiger partial charge < -0.3 is 5.11 Å². The molecule has 3 heteroatoms. The summed E-state index contributed by atoms with van der Waals surface area (Å²) in [6.07, 6.45) is 1.44. The smallest absolute Gasteiger partial charge is 0.0981 e. The summed E-state index contributed by atoms with van der Waals surface area (Å²) >= 11 is 0. The van der Waals surface area contributed by atoms with Crippen LogP contribution in [-0.2, 0) is 9.78 Å². The Balaban J connectivity index is 3.98. The quantitative estimate of drug-likeness (QED) is 0.569. The van der Waals surface area contributed by atoms with Crippen LogP contribution in [0.2, 0.25) is 0 Å². The molecule has 0 spiro atoms. The number of hydrogen-bond donors (Lipinski definition) is 1. The van der Waals surface area contributed by atoms with Crippen molar-refractivity contribution in [3.05, 3.63) is 0 Å². The van der Waals surface area contributed by atoms with E-state index >= 15 is 0 Å². The lowest BCUT2D eigenvalue weighted by molar-refractivity contribution is -0.398. The van der Waals surface area contributed by atoms with Crippen molar-refractivity contribution >= 4 is 0 Å². The van der Waals surface area contributed by atoms with Gasteiger partial charge in [-0.15, -0.1) is 0 Å². The Morgan fingerprint density at radius 3 is 1.60 bits per heavy atom. The second-order valence-electron chi connectivity index (χ2n) is 6.35. The van der Waals surface area contributed by atoms with Crippen LogP contribution in [-0.4, -0.2) is 21.9 Å². The minimum atomic E-state index is -0.650. The molecule has 3 nitrogen and oxygen atoms in total. The lowest BCUT2D eigenvalue weighted by Crippen LogP contribution is -2.33. The normalized spacial score (nSPS) is 14.4. The van der Waals surface area contributed by atoms with Gasteiger partial charge in [-0.3, -0.25) is 0 Å². The molecule has 0 rings (SSSR count). The first-order valence-corrected chi connectivity index (χ1v) is 5.51. The standard InChI is InChI=1S/C12H26O3/c1-10(2,3)14-15-12(6,7)9-8-11(4,5)13/h13H,8-9H2,1-7H3. The van der Waals surface area contributed by atoms with E-state index in [1.807, 2.05) is 34.6 Å². The Morgan fingerprint density at radius 1 is 0.800 bits per heavy atom. The van der Waals surface area contributed by atoms with Gasteiger partial charge in [0.1, 0.15) is 0 Å². The zero-order valence-corrected chi connectivity index (χ0v) is 11.2. The van der Waals surface area contributed by atoms with Crippen molar-refractivity contribution in [1.82, 2.24) is 0 Å². The highest BCUT2D eigenvalue weighted by molar-refractivity contribution is 4.74. The summed E-state index contributed by atoms with van der Waals surface area (Å²) in [6.45, 7) is 13.4. The van der Waals surface area contributed by atoms with Crippen molar-refractivity contribution in [3.63, 3.8) is 0 Å². The maximum absolute atomic E-state index is 9.61. The first kappa shape index (κ1) is 14.9. The van der Waals surface area contributed by atoms with Gasteiger partial charge in [-0.2, -0.15) is 0 Å². The molecule has 0 saturated heterocycles. The average Bonchev–Trinajstić information content (AvgIpc) is 1.96. The predicted molar refractivity (Wildman–Crippen MR) is 61.5 cm³/mol. The fourth-order valence-electron chi connectivity index (χ4n) is 0.886. The van der Waals surface area contributed by atoms with Crippen molar-refractivity contribution in [2.75, 3.05) is 0 Å². The third kappa shape index (κ3) is 10.2. The Morgan fingerprint density at radius 2 is 1.27 bits per heavy atom. The van der Waals surface area contributed by atoms with E-state index in [0.717, 1.165) is 6.42 Å². The van der Waals surface area contributed by atoms with E-state index in [1.54, 1.807) is 13.8 Å². The lowest BCUT2D eigenvalue weighted by Gasteiger charge is -2.30. The van der Waals surface area contributed by atoms with Crippen LogP contribution in [0.5, 0.6) is 0 Å². The molecule has 0 saturated carbocycles. The molecule has 0 heterocycles. The van der Waals surface area contributed by atoms with E-state index in [4.69, 9.17) is 9.78 Å². The Kier molecular flexibility index (Phi) is 4.77. The van der Waals surface area contributed by atoms with Crippen LogP contribution in [0.1, 0.15) is 61.3 Å². The molecule has 0 aromatic rings. The highest BCUT2D eigenvalue weighted by Crippen LogP contribution is 2.24. The van der Waals surface area contributed by atoms with Gasteiger partial charge in [-0.05, 0) is 61.3 Å². The summed E-state index contributed by atoms with van der Waals surface area (Å²) in [6, 6.07) is 0. The fourth-order valence-corrected chi connectivity index (χ4v) is 0.886. The van der Waals surface area contributed by atoms with Crippen molar-refractivity contribution in [2.45, 2.75) is 78.1 Å². The highest BCUT2D eigenvalue weighted by Gasteiger charge is 2.26. The minimum Gasteiger partial charge on any atom is -0.390 e. The summed E-state index contributed by atoms with van der Waals surface area (Å²) in [5, 5.41) is 9.61. The third-order valence-corrected chi connectivity index (χ3v) is 1.86. The van der Waals surface area contributed by atoms with Crippen molar-refractivity contribution in [2.24, 2.45) is 0 Å². The van der Waals surface area contributed by atoms with E-state index in [9.17, 15) is 5.11 Å². The molecule has 0 bridgehead atoms. The van der Waals surface area contributed by atoms with Gasteiger partial charge in [-0.1, -0.05) is 0 Å². The summed E-state index contributed by atoms with van der Waals surface area (Å²) in [5.41, 5.74) is -1.32. The van der Waals surface area contributed by atoms with Crippen LogP contribution in [0, 0.1) is 0 Å². The fraction of sp³-hybridized carbons (Fsp3) is 1.00. The van der Waals surface area contributed by atoms with E-state index in [1.165, 1.54) is 0 Å². The van der Waals surface area contributed by atoms with Gasteiger partial charge in [0, 0.05) is 0 Å². The van der Waals surface area contributed by atoms with Crippen molar-refractivity contribution < 1.29 is 14.9 Å². The third-order valence-electron chi connectivity index (χ3n) is 1.86. The summed E-state index contributed by atoms with van der Waals surface area (Å²) in [7, 11) is 0. The molecule has 0 radical (unpaired) electrons. The van der Waals surface area contributed by atoms with Crippen LogP contribution >= 0.6 is 0 Å². The molecule has 1 N–H and O–H groups in total. The SMILES string of the molecule is CC(C)(O)CCC(C)(C)OOC(C)(C)C. The summed E-state index contributed by atoms with van der Waals surface area (Å²) < 4.78 is 0. The maximum Gasteiger partial charge on any atom is 0.0981 e. The minimum absolute atomic E-state index is 0.300. The van der Waals surface area contributed by atoms with Gasteiger partial charge in [0.2, 0.25) is 0 Å². The topological polar surface area (TPSA) is 38.7 Å². The molecule has 0 aromatic carbocycles. The van der Waals surface area contributed by atoms with Crippen molar-refractivity contribution in [1.29, 1.82) is 0 Å². The molecule has 0 amide bonds. The van der Waals surface area contributed by atoms with Crippen LogP contribution in [0.25, 0.3) is 0 Å². The number of hydrogen-bond acceptors (Lipinski definition) is 3. The zero-order valence-electron chi connectivity index (χ0n) is 11.2. The molecule has 0 atom stereocenters. The number of rotatable bonds is 5. The predicted octanol–water partition coefficient (Wildman–Crippen LogP) is 3.06. The van der Waals surface area contributed by atoms with Gasteiger partial charge in [0.25, 0.3) is 0 Å². The molecule has 15 heavy (non-hydrogen) atoms. The first-order valence-electron chi connectivity index (χ1n) is 5.51. The van der Waals surface area contributed by atoms with E-state index in [2.05, 4.69) is 0 Å². The lowest BCUT2D eigenvalue weighted by atomic mass is 9.94. The second-order valence-corrected chi connectivity index (χ2v) is 6.35. The van der Waals surface area contributed by atoms with E-state index in [0.29, 0.717) is 6.42 Å². The second kappa shape index (κ2) is 4.81. The summed E-state index contributed by atoms with van der Waals surface area (Å²) in [5.74, 6) is 0. The zero-order chi connectivity index (χ0) is 12.3. The average molecular weight is 218 g/mol. The first-order chi connectivity index (χ1) is 6.41. The Hall–Kier alpha value is -0.120. The molecule has 0 aromatic heterocycles. The van der Waals surface area contributed by atoms with Gasteiger partial charge in [0.05, 0.1) is 16.8 Å². The van der Waals surface area contributed by atoms with Crippen LogP contribution in [0.4, 0.5) is 0 Å². The molecule has 0 aliphatic rings. The monoisotopic (exact) mass is 218 g/mol. The van der Waals surface area contributed by atoms with Crippen LogP contribution in [0.15, 0.2) is 0 Å². The Bertz CT molecular complexity index is 164. The van der Waals surface area contributed by atoms with Gasteiger partial charge in [-0.25, -0.2) is 9.78 Å². The molecule has 0 aliphatic carbocycles. The van der Waals surface area contributed by atoms with Crippen LogP contribution < -0.4 is 0 Å². The van der Waals surface area contributed by atoms with E-state index in [-0.39, 0.29) is 11.2 Å². The molecule has 0 aliphatic heterocycles. The van der Waals surface area contributed by atoms with E-state index < -0.39 is 5.60 Å². The molecule has 92 valence electrons. The highest BCUT2D eigenvalue weighted by atomic mass is 17.2. The van der Waals surface area contributed by atoms with Crippen LogP contribution in [0.3, 0.4) is 0 Å². The molecular weight excluding hydrogens is 192 g/mol. The largest absolute Gasteiger partial charge is 0.390 e. The summed E-state index contributed by atoms with van der Waals surface area (Å²) in [4.78, 5) is 10.7. The molecule has 0 unspecified atom stereocenters. The van der Waals surface area contributed by atoms with Gasteiger partial charge >= 0.3 is 0 Å².